The van der Waals surface area contributed by atoms with Gasteiger partial charge in [0.15, 0.2) is 0 Å². The molecular weight excluding hydrogens is 156 g/mol. The fourth-order valence-electron chi connectivity index (χ4n) is 1.46. The van der Waals surface area contributed by atoms with E-state index in [-0.39, 0.29) is 0 Å². The first-order valence-electron chi connectivity index (χ1n) is 3.63. The lowest BCUT2D eigenvalue weighted by atomic mass is 10.2. The molecule has 1 nitrogen and oxygen atoms in total. The van der Waals surface area contributed by atoms with Crippen molar-refractivity contribution in [3.05, 3.63) is 29.8 Å². The van der Waals surface area contributed by atoms with Gasteiger partial charge >= 0.3 is 0 Å². The molecule has 0 amide bonds. The fraction of sp³-hybridized carbons (Fsp3) is 0.222. The van der Waals surface area contributed by atoms with Gasteiger partial charge in [0, 0.05) is 10.6 Å². The molecule has 11 heavy (non-hydrogen) atoms. The van der Waals surface area contributed by atoms with E-state index < -0.39 is 9.52 Å². The van der Waals surface area contributed by atoms with Gasteiger partial charge in [-0.25, -0.2) is 0 Å². The highest BCUT2D eigenvalue weighted by atomic mass is 32.2. The van der Waals surface area contributed by atoms with E-state index in [9.17, 15) is 4.21 Å². The van der Waals surface area contributed by atoms with Gasteiger partial charge in [-0.05, 0) is 33.4 Å². The molecule has 1 aromatic rings. The van der Waals surface area contributed by atoms with Gasteiger partial charge in [0.2, 0.25) is 0 Å². The van der Waals surface area contributed by atoms with E-state index in [0.717, 1.165) is 17.1 Å². The van der Waals surface area contributed by atoms with Gasteiger partial charge in [0.1, 0.15) is 0 Å². The third-order valence-electron chi connectivity index (χ3n) is 2.07. The molecule has 1 aliphatic heterocycles. The summed E-state index contributed by atoms with van der Waals surface area (Å²) < 4.78 is 11.7. The van der Waals surface area contributed by atoms with Gasteiger partial charge in [0.05, 0.1) is 0 Å². The van der Waals surface area contributed by atoms with Gasteiger partial charge in [-0.3, -0.25) is 4.21 Å². The lowest BCUT2D eigenvalue weighted by Gasteiger charge is -1.98. The summed E-state index contributed by atoms with van der Waals surface area (Å²) in [5, 5.41) is 0. The zero-order valence-corrected chi connectivity index (χ0v) is 7.06. The van der Waals surface area contributed by atoms with Crippen molar-refractivity contribution in [3.8, 4) is 0 Å². The molecule has 1 atom stereocenters. The average Bonchev–Trinajstić information content (AvgIpc) is 2.29. The van der Waals surface area contributed by atoms with Crippen LogP contribution in [-0.2, 0) is 15.9 Å². The van der Waals surface area contributed by atoms with E-state index >= 15 is 0 Å². The maximum absolute atomic E-state index is 11.7. The summed E-state index contributed by atoms with van der Waals surface area (Å²) in [6.45, 7) is 0. The van der Waals surface area contributed by atoms with Gasteiger partial charge in [-0.2, -0.15) is 0 Å². The monoisotopic (exact) mass is 166 g/mol. The second-order valence-corrected chi connectivity index (χ2v) is 5.35. The second-order valence-electron chi connectivity index (χ2n) is 2.87. The Morgan fingerprint density at radius 1 is 1.36 bits per heavy atom. The Balaban J connectivity index is 2.75. The zero-order valence-electron chi connectivity index (χ0n) is 6.25. The van der Waals surface area contributed by atoms with Crippen molar-refractivity contribution in [2.75, 3.05) is 5.75 Å². The SMILES string of the molecule is C=S1(=O)CCc2ccccc21. The van der Waals surface area contributed by atoms with Crippen LogP contribution in [0.2, 0.25) is 0 Å². The standard InChI is InChI=1S/C9H10OS/c1-11(10)7-6-8-4-2-3-5-9(8)11/h2-5H,1,6-7H2. The summed E-state index contributed by atoms with van der Waals surface area (Å²) in [7, 11) is -1.91. The molecule has 0 aromatic heterocycles. The Bertz CT molecular complexity index is 376. The van der Waals surface area contributed by atoms with Crippen LogP contribution in [0.1, 0.15) is 5.56 Å². The van der Waals surface area contributed by atoms with Crippen LogP contribution in [0, 0.1) is 0 Å². The Kier molecular flexibility index (Phi) is 1.33. The molecule has 2 heteroatoms. The molecule has 0 bridgehead atoms. The maximum atomic E-state index is 11.7. The molecule has 1 aromatic carbocycles. The molecular formula is C9H10OS. The lowest BCUT2D eigenvalue weighted by Crippen LogP contribution is -1.97. The molecule has 0 N–H and O–H groups in total. The van der Waals surface area contributed by atoms with E-state index in [1.54, 1.807) is 0 Å². The molecule has 0 saturated heterocycles. The zero-order chi connectivity index (χ0) is 7.90. The van der Waals surface area contributed by atoms with Crippen LogP contribution < -0.4 is 0 Å². The average molecular weight is 166 g/mol. The molecule has 58 valence electrons. The van der Waals surface area contributed by atoms with Crippen LogP contribution in [0.5, 0.6) is 0 Å². The predicted octanol–water partition coefficient (Wildman–Crippen LogP) is 1.32. The van der Waals surface area contributed by atoms with E-state index in [1.165, 1.54) is 5.56 Å². The van der Waals surface area contributed by atoms with Crippen LogP contribution >= 0.6 is 0 Å². The van der Waals surface area contributed by atoms with Crippen molar-refractivity contribution in [2.45, 2.75) is 11.3 Å². The molecule has 2 rings (SSSR count). The first kappa shape index (κ1) is 6.92. The molecule has 0 aliphatic carbocycles. The minimum absolute atomic E-state index is 0.729. The minimum Gasteiger partial charge on any atom is -0.263 e. The molecule has 0 saturated carbocycles. The molecule has 1 unspecified atom stereocenters. The Hall–Kier alpha value is -0.760. The van der Waals surface area contributed by atoms with Crippen molar-refractivity contribution in [3.63, 3.8) is 0 Å². The quantitative estimate of drug-likeness (QED) is 0.531. The van der Waals surface area contributed by atoms with Crippen LogP contribution in [0.15, 0.2) is 29.2 Å². The van der Waals surface area contributed by atoms with Gasteiger partial charge < -0.3 is 0 Å². The highest BCUT2D eigenvalue weighted by Crippen LogP contribution is 2.24. The molecule has 1 aliphatic rings. The number of benzene rings is 1. The van der Waals surface area contributed by atoms with Crippen LogP contribution in [-0.4, -0.2) is 15.8 Å². The fourth-order valence-corrected chi connectivity index (χ4v) is 3.20. The third-order valence-corrected chi connectivity index (χ3v) is 4.14. The lowest BCUT2D eigenvalue weighted by molar-refractivity contribution is 0.684. The van der Waals surface area contributed by atoms with Crippen molar-refractivity contribution in [1.82, 2.24) is 0 Å². The summed E-state index contributed by atoms with van der Waals surface area (Å²) in [5.74, 6) is 4.47. The Morgan fingerprint density at radius 3 is 2.82 bits per heavy atom. The number of fused-ring (bicyclic) bond motifs is 1. The Labute approximate surface area is 67.1 Å². The smallest absolute Gasteiger partial charge is 0.0337 e. The number of hydrogen-bond donors (Lipinski definition) is 0. The predicted molar refractivity (Wildman–Crippen MR) is 48.5 cm³/mol. The maximum Gasteiger partial charge on any atom is 0.0337 e. The van der Waals surface area contributed by atoms with E-state index in [1.807, 2.05) is 24.3 Å². The van der Waals surface area contributed by atoms with E-state index in [0.29, 0.717) is 0 Å². The minimum atomic E-state index is -1.91. The third kappa shape index (κ3) is 0.979. The molecule has 0 spiro atoms. The van der Waals surface area contributed by atoms with E-state index in [2.05, 4.69) is 5.87 Å². The Morgan fingerprint density at radius 2 is 2.09 bits per heavy atom. The highest BCUT2D eigenvalue weighted by molar-refractivity contribution is 8.00. The summed E-state index contributed by atoms with van der Waals surface area (Å²) in [6.07, 6.45) is 0.929. The largest absolute Gasteiger partial charge is 0.263 e. The normalized spacial score (nSPS) is 28.4. The molecule has 0 fully saturated rings. The van der Waals surface area contributed by atoms with Crippen LogP contribution in [0.4, 0.5) is 0 Å². The summed E-state index contributed by atoms with van der Waals surface area (Å²) in [4.78, 5) is 0.972. The van der Waals surface area contributed by atoms with Crippen molar-refractivity contribution in [2.24, 2.45) is 0 Å². The van der Waals surface area contributed by atoms with Crippen LogP contribution in [0.3, 0.4) is 0 Å². The summed E-state index contributed by atoms with van der Waals surface area (Å²) in [5.41, 5.74) is 1.22. The first-order valence-corrected chi connectivity index (χ1v) is 5.53. The first-order chi connectivity index (χ1) is 5.20. The van der Waals surface area contributed by atoms with Gasteiger partial charge in [0.25, 0.3) is 0 Å². The second kappa shape index (κ2) is 2.11. The summed E-state index contributed by atoms with van der Waals surface area (Å²) in [6, 6.07) is 7.87. The van der Waals surface area contributed by atoms with Gasteiger partial charge in [-0.15, -0.1) is 0 Å². The number of rotatable bonds is 0. The molecule has 0 radical (unpaired) electrons. The van der Waals surface area contributed by atoms with E-state index in [4.69, 9.17) is 0 Å². The number of aryl methyl sites for hydroxylation is 1. The molecule has 1 heterocycles. The van der Waals surface area contributed by atoms with Gasteiger partial charge in [-0.1, -0.05) is 18.2 Å². The number of hydrogen-bond acceptors (Lipinski definition) is 1. The van der Waals surface area contributed by atoms with Crippen molar-refractivity contribution in [1.29, 1.82) is 0 Å². The van der Waals surface area contributed by atoms with Crippen molar-refractivity contribution >= 4 is 15.4 Å². The highest BCUT2D eigenvalue weighted by Gasteiger charge is 2.19. The van der Waals surface area contributed by atoms with Crippen LogP contribution in [0.25, 0.3) is 0 Å². The topological polar surface area (TPSA) is 17.1 Å². The summed E-state index contributed by atoms with van der Waals surface area (Å²) >= 11 is 0. The van der Waals surface area contributed by atoms with Crippen molar-refractivity contribution < 1.29 is 4.21 Å².